The van der Waals surface area contributed by atoms with E-state index in [1.807, 2.05) is 11.8 Å². The highest BCUT2D eigenvalue weighted by Gasteiger charge is 2.28. The lowest BCUT2D eigenvalue weighted by Crippen LogP contribution is -2.51. The van der Waals surface area contributed by atoms with Gasteiger partial charge in [0, 0.05) is 37.0 Å². The third-order valence-corrected chi connectivity index (χ3v) is 6.15. The fourth-order valence-corrected chi connectivity index (χ4v) is 4.60. The van der Waals surface area contributed by atoms with Gasteiger partial charge in [-0.25, -0.2) is 0 Å². The Kier molecular flexibility index (Phi) is 8.04. The van der Waals surface area contributed by atoms with Gasteiger partial charge in [-0.05, 0) is 38.4 Å². The number of nitrogens with zero attached hydrogens (tertiary/aromatic N) is 1. The second kappa shape index (κ2) is 9.78. The zero-order chi connectivity index (χ0) is 15.8. The van der Waals surface area contributed by atoms with Gasteiger partial charge in [0.2, 0.25) is 5.91 Å². The summed E-state index contributed by atoms with van der Waals surface area (Å²) >= 11 is 2.03. The Morgan fingerprint density at radius 3 is 2.59 bits per heavy atom. The minimum absolute atomic E-state index is 0.183. The van der Waals surface area contributed by atoms with Gasteiger partial charge in [-0.3, -0.25) is 9.69 Å². The maximum absolute atomic E-state index is 11.8. The van der Waals surface area contributed by atoms with Crippen molar-refractivity contribution in [2.45, 2.75) is 69.2 Å². The van der Waals surface area contributed by atoms with Crippen molar-refractivity contribution in [3.05, 3.63) is 0 Å². The summed E-state index contributed by atoms with van der Waals surface area (Å²) in [6.45, 7) is 5.56. The molecule has 0 aromatic rings. The van der Waals surface area contributed by atoms with Crippen LogP contribution < -0.4 is 10.6 Å². The predicted octanol–water partition coefficient (Wildman–Crippen LogP) is 2.24. The molecule has 0 aromatic carbocycles. The Labute approximate surface area is 140 Å². The van der Waals surface area contributed by atoms with E-state index in [2.05, 4.69) is 28.7 Å². The normalized spacial score (nSPS) is 27.7. The summed E-state index contributed by atoms with van der Waals surface area (Å²) < 4.78 is 0. The Balaban J connectivity index is 1.67. The number of rotatable bonds is 7. The van der Waals surface area contributed by atoms with E-state index in [4.69, 9.17) is 0 Å². The molecule has 5 heteroatoms. The van der Waals surface area contributed by atoms with Gasteiger partial charge in [-0.2, -0.15) is 11.8 Å². The second-order valence-corrected chi connectivity index (χ2v) is 7.81. The number of likely N-dealkylation sites (tertiary alicyclic amines) is 1. The number of nitrogens with one attached hydrogen (secondary N) is 2. The number of carbonyl (C=O) groups excluding carboxylic acids is 1. The first-order chi connectivity index (χ1) is 10.7. The standard InChI is InChI=1S/C17H33N3OS/c1-3-10-18-17(21)13-20-11-8-14(9-12-20)19-15-6-4-5-7-16(15)22-2/h14-16,19H,3-13H2,1-2H3,(H,18,21)/t15-,16-/m1/s1. The van der Waals surface area contributed by atoms with Gasteiger partial charge in [0.25, 0.3) is 0 Å². The summed E-state index contributed by atoms with van der Waals surface area (Å²) in [6, 6.07) is 1.35. The van der Waals surface area contributed by atoms with Crippen molar-refractivity contribution in [3.63, 3.8) is 0 Å². The van der Waals surface area contributed by atoms with Crippen molar-refractivity contribution in [1.29, 1.82) is 0 Å². The molecule has 1 saturated carbocycles. The summed E-state index contributed by atoms with van der Waals surface area (Å²) in [7, 11) is 0. The van der Waals surface area contributed by atoms with Crippen LogP contribution in [0.15, 0.2) is 0 Å². The average Bonchev–Trinajstić information content (AvgIpc) is 2.55. The first-order valence-corrected chi connectivity index (χ1v) is 10.3. The minimum atomic E-state index is 0.183. The smallest absolute Gasteiger partial charge is 0.234 e. The first kappa shape index (κ1) is 18.1. The molecule has 4 nitrogen and oxygen atoms in total. The molecule has 0 aromatic heterocycles. The van der Waals surface area contributed by atoms with Gasteiger partial charge in [-0.15, -0.1) is 0 Å². The molecule has 1 aliphatic heterocycles. The molecule has 1 aliphatic carbocycles. The highest BCUT2D eigenvalue weighted by Crippen LogP contribution is 2.28. The van der Waals surface area contributed by atoms with E-state index >= 15 is 0 Å². The summed E-state index contributed by atoms with van der Waals surface area (Å²) in [5, 5.41) is 7.69. The van der Waals surface area contributed by atoms with Crippen LogP contribution in [0.4, 0.5) is 0 Å². The zero-order valence-corrected chi connectivity index (χ0v) is 15.1. The maximum Gasteiger partial charge on any atom is 0.234 e. The molecule has 1 amide bonds. The van der Waals surface area contributed by atoms with Crippen molar-refractivity contribution in [2.75, 3.05) is 32.4 Å². The number of thioether (sulfide) groups is 1. The first-order valence-electron chi connectivity index (χ1n) is 9.00. The number of hydrogen-bond acceptors (Lipinski definition) is 4. The van der Waals surface area contributed by atoms with Crippen molar-refractivity contribution >= 4 is 17.7 Å². The van der Waals surface area contributed by atoms with Gasteiger partial charge >= 0.3 is 0 Å². The number of amides is 1. The molecule has 2 fully saturated rings. The van der Waals surface area contributed by atoms with Gasteiger partial charge in [-0.1, -0.05) is 19.8 Å². The van der Waals surface area contributed by atoms with Crippen LogP contribution in [0.25, 0.3) is 0 Å². The fourth-order valence-electron chi connectivity index (χ4n) is 3.65. The summed E-state index contributed by atoms with van der Waals surface area (Å²) in [5.41, 5.74) is 0. The highest BCUT2D eigenvalue weighted by molar-refractivity contribution is 7.99. The Hall–Kier alpha value is -0.260. The molecular weight excluding hydrogens is 294 g/mol. The van der Waals surface area contributed by atoms with Gasteiger partial charge in [0.1, 0.15) is 0 Å². The van der Waals surface area contributed by atoms with E-state index in [1.54, 1.807) is 0 Å². The van der Waals surface area contributed by atoms with Gasteiger partial charge in [0.05, 0.1) is 6.54 Å². The Bertz CT molecular complexity index is 332. The van der Waals surface area contributed by atoms with E-state index in [0.29, 0.717) is 18.6 Å². The zero-order valence-electron chi connectivity index (χ0n) is 14.3. The lowest BCUT2D eigenvalue weighted by molar-refractivity contribution is -0.122. The predicted molar refractivity (Wildman–Crippen MR) is 95.5 cm³/mol. The monoisotopic (exact) mass is 327 g/mol. The van der Waals surface area contributed by atoms with Gasteiger partial charge in [0.15, 0.2) is 0 Å². The molecule has 0 radical (unpaired) electrons. The molecule has 1 saturated heterocycles. The van der Waals surface area contributed by atoms with Crippen molar-refractivity contribution in [2.24, 2.45) is 0 Å². The molecule has 2 atom stereocenters. The SMILES string of the molecule is CCCNC(=O)CN1CCC(N[C@@H]2CCCC[C@H]2SC)CC1. The quantitative estimate of drug-likeness (QED) is 0.753. The van der Waals surface area contributed by atoms with Crippen LogP contribution in [0.3, 0.4) is 0 Å². The van der Waals surface area contributed by atoms with Crippen LogP contribution in [0.2, 0.25) is 0 Å². The molecular formula is C17H33N3OS. The summed E-state index contributed by atoms with van der Waals surface area (Å²) in [5.74, 6) is 0.183. The van der Waals surface area contributed by atoms with Crippen LogP contribution in [0.1, 0.15) is 51.9 Å². The number of hydrogen-bond donors (Lipinski definition) is 2. The third kappa shape index (κ3) is 5.74. The highest BCUT2D eigenvalue weighted by atomic mass is 32.2. The molecule has 2 aliphatic rings. The van der Waals surface area contributed by atoms with Crippen LogP contribution in [-0.4, -0.2) is 60.6 Å². The Morgan fingerprint density at radius 1 is 1.18 bits per heavy atom. The topological polar surface area (TPSA) is 44.4 Å². The minimum Gasteiger partial charge on any atom is -0.355 e. The van der Waals surface area contributed by atoms with E-state index in [9.17, 15) is 4.79 Å². The molecule has 1 heterocycles. The molecule has 2 N–H and O–H groups in total. The van der Waals surface area contributed by atoms with Crippen LogP contribution in [0.5, 0.6) is 0 Å². The lowest BCUT2D eigenvalue weighted by Gasteiger charge is -2.38. The van der Waals surface area contributed by atoms with Crippen LogP contribution in [0, 0.1) is 0 Å². The molecule has 128 valence electrons. The fraction of sp³-hybridized carbons (Fsp3) is 0.941. The van der Waals surface area contributed by atoms with E-state index in [0.717, 1.165) is 31.3 Å². The molecule has 2 rings (SSSR count). The summed E-state index contributed by atoms with van der Waals surface area (Å²) in [6.07, 6.45) is 11.1. The van der Waals surface area contributed by atoms with Crippen LogP contribution >= 0.6 is 11.8 Å². The van der Waals surface area contributed by atoms with Crippen LogP contribution in [-0.2, 0) is 4.79 Å². The van der Waals surface area contributed by atoms with Crippen molar-refractivity contribution in [3.8, 4) is 0 Å². The number of carbonyl (C=O) groups is 1. The van der Waals surface area contributed by atoms with E-state index < -0.39 is 0 Å². The largest absolute Gasteiger partial charge is 0.355 e. The Morgan fingerprint density at radius 2 is 1.91 bits per heavy atom. The molecule has 0 bridgehead atoms. The third-order valence-electron chi connectivity index (χ3n) is 4.98. The van der Waals surface area contributed by atoms with Crippen molar-refractivity contribution < 1.29 is 4.79 Å². The van der Waals surface area contributed by atoms with E-state index in [-0.39, 0.29) is 5.91 Å². The van der Waals surface area contributed by atoms with Crippen molar-refractivity contribution in [1.82, 2.24) is 15.5 Å². The molecule has 0 unspecified atom stereocenters. The average molecular weight is 328 g/mol. The maximum atomic E-state index is 11.8. The molecule has 22 heavy (non-hydrogen) atoms. The summed E-state index contributed by atoms with van der Waals surface area (Å²) in [4.78, 5) is 14.1. The van der Waals surface area contributed by atoms with Gasteiger partial charge < -0.3 is 10.6 Å². The number of piperidine rings is 1. The second-order valence-electron chi connectivity index (χ2n) is 6.73. The molecule has 0 spiro atoms. The lowest BCUT2D eigenvalue weighted by atomic mass is 9.93. The van der Waals surface area contributed by atoms with E-state index in [1.165, 1.54) is 38.5 Å².